The SMILES string of the molecule is Cc1nc(C)c(Cc2ccccc2F)c(N2CCN(C[C@H](O)COC(C)C)CC2)n1. The van der Waals surface area contributed by atoms with E-state index in [1.54, 1.807) is 6.07 Å². The molecule has 1 aliphatic rings. The maximum atomic E-state index is 14.3. The molecule has 0 saturated carbocycles. The van der Waals surface area contributed by atoms with E-state index in [1.807, 2.05) is 39.8 Å². The van der Waals surface area contributed by atoms with Crippen LogP contribution >= 0.6 is 0 Å². The van der Waals surface area contributed by atoms with E-state index in [2.05, 4.69) is 14.8 Å². The second-order valence-corrected chi connectivity index (χ2v) is 8.25. The molecule has 0 aliphatic carbocycles. The van der Waals surface area contributed by atoms with Gasteiger partial charge in [-0.25, -0.2) is 14.4 Å². The lowest BCUT2D eigenvalue weighted by atomic mass is 10.0. The number of hydrogen-bond acceptors (Lipinski definition) is 6. The topological polar surface area (TPSA) is 61.7 Å². The van der Waals surface area contributed by atoms with Crippen LogP contribution in [0, 0.1) is 19.7 Å². The molecule has 6 nitrogen and oxygen atoms in total. The molecule has 2 aromatic rings. The van der Waals surface area contributed by atoms with Gasteiger partial charge in [-0.05, 0) is 39.3 Å². The van der Waals surface area contributed by atoms with E-state index >= 15 is 0 Å². The highest BCUT2D eigenvalue weighted by molar-refractivity contribution is 5.51. The van der Waals surface area contributed by atoms with Gasteiger partial charge in [-0.3, -0.25) is 4.90 Å². The van der Waals surface area contributed by atoms with Crippen LogP contribution in [-0.2, 0) is 11.2 Å². The second kappa shape index (κ2) is 10.3. The number of rotatable bonds is 8. The minimum atomic E-state index is -0.487. The second-order valence-electron chi connectivity index (χ2n) is 8.25. The highest BCUT2D eigenvalue weighted by Gasteiger charge is 2.24. The molecule has 7 heteroatoms. The summed E-state index contributed by atoms with van der Waals surface area (Å²) in [6.07, 6.45) is 0.104. The van der Waals surface area contributed by atoms with Gasteiger partial charge < -0.3 is 14.7 Å². The monoisotopic (exact) mass is 416 g/mol. The summed E-state index contributed by atoms with van der Waals surface area (Å²) in [5, 5.41) is 10.2. The fraction of sp³-hybridized carbons (Fsp3) is 0.565. The van der Waals surface area contributed by atoms with Gasteiger partial charge in [0.1, 0.15) is 17.5 Å². The first-order valence-corrected chi connectivity index (χ1v) is 10.7. The quantitative estimate of drug-likeness (QED) is 0.714. The molecule has 1 aliphatic heterocycles. The zero-order valence-electron chi connectivity index (χ0n) is 18.4. The molecule has 3 rings (SSSR count). The van der Waals surface area contributed by atoms with E-state index in [9.17, 15) is 9.50 Å². The van der Waals surface area contributed by atoms with Crippen molar-refractivity contribution in [1.29, 1.82) is 0 Å². The summed E-state index contributed by atoms with van der Waals surface area (Å²) in [4.78, 5) is 13.8. The summed E-state index contributed by atoms with van der Waals surface area (Å²) < 4.78 is 19.8. The van der Waals surface area contributed by atoms with E-state index in [0.717, 1.165) is 49.1 Å². The maximum absolute atomic E-state index is 14.3. The van der Waals surface area contributed by atoms with Crippen LogP contribution in [0.2, 0.25) is 0 Å². The molecular formula is C23H33FN4O2. The normalized spacial score (nSPS) is 16.3. The van der Waals surface area contributed by atoms with Crippen molar-refractivity contribution in [2.75, 3.05) is 44.2 Å². The lowest BCUT2D eigenvalue weighted by Gasteiger charge is -2.37. The molecule has 2 heterocycles. The smallest absolute Gasteiger partial charge is 0.136 e. The average Bonchev–Trinajstić information content (AvgIpc) is 2.70. The van der Waals surface area contributed by atoms with Gasteiger partial charge in [0.25, 0.3) is 0 Å². The summed E-state index contributed by atoms with van der Waals surface area (Å²) in [6.45, 7) is 12.0. The van der Waals surface area contributed by atoms with Gasteiger partial charge in [0.05, 0.1) is 18.8 Å². The highest BCUT2D eigenvalue weighted by atomic mass is 19.1. The number of halogens is 1. The molecule has 30 heavy (non-hydrogen) atoms. The Hall–Kier alpha value is -2.09. The van der Waals surface area contributed by atoms with Crippen LogP contribution in [0.3, 0.4) is 0 Å². The number of nitrogens with zero attached hydrogens (tertiary/aromatic N) is 4. The molecule has 0 bridgehead atoms. The number of aliphatic hydroxyl groups excluding tert-OH is 1. The Morgan fingerprint density at radius 3 is 2.47 bits per heavy atom. The number of aryl methyl sites for hydroxylation is 2. The third kappa shape index (κ3) is 5.97. The van der Waals surface area contributed by atoms with Crippen LogP contribution in [0.25, 0.3) is 0 Å². The molecule has 0 spiro atoms. The van der Waals surface area contributed by atoms with Crippen molar-refractivity contribution >= 4 is 5.82 Å². The molecule has 1 N–H and O–H groups in total. The molecule has 1 fully saturated rings. The van der Waals surface area contributed by atoms with Crippen molar-refractivity contribution in [3.8, 4) is 0 Å². The molecular weight excluding hydrogens is 383 g/mol. The first-order valence-electron chi connectivity index (χ1n) is 10.7. The molecule has 164 valence electrons. The third-order valence-corrected chi connectivity index (χ3v) is 5.39. The van der Waals surface area contributed by atoms with E-state index in [1.165, 1.54) is 6.07 Å². The fourth-order valence-electron chi connectivity index (χ4n) is 3.82. The first-order chi connectivity index (χ1) is 14.3. The van der Waals surface area contributed by atoms with Crippen LogP contribution in [0.15, 0.2) is 24.3 Å². The van der Waals surface area contributed by atoms with Crippen molar-refractivity contribution < 1.29 is 14.2 Å². The fourth-order valence-corrected chi connectivity index (χ4v) is 3.82. The number of aliphatic hydroxyl groups is 1. The maximum Gasteiger partial charge on any atom is 0.136 e. The summed E-state index contributed by atoms with van der Waals surface area (Å²) in [6, 6.07) is 6.87. The zero-order chi connectivity index (χ0) is 21.7. The summed E-state index contributed by atoms with van der Waals surface area (Å²) >= 11 is 0. The van der Waals surface area contributed by atoms with E-state index < -0.39 is 6.10 Å². The van der Waals surface area contributed by atoms with Crippen molar-refractivity contribution in [1.82, 2.24) is 14.9 Å². The largest absolute Gasteiger partial charge is 0.389 e. The molecule has 0 unspecified atom stereocenters. The van der Waals surface area contributed by atoms with Gasteiger partial charge in [-0.15, -0.1) is 0 Å². The lowest BCUT2D eigenvalue weighted by Crippen LogP contribution is -2.49. The lowest BCUT2D eigenvalue weighted by molar-refractivity contribution is -0.00901. The predicted octanol–water partition coefficient (Wildman–Crippen LogP) is 2.73. The van der Waals surface area contributed by atoms with E-state index in [0.29, 0.717) is 25.1 Å². The Kier molecular flexibility index (Phi) is 7.75. The summed E-state index contributed by atoms with van der Waals surface area (Å²) in [5.74, 6) is 1.42. The molecule has 1 saturated heterocycles. The Balaban J connectivity index is 1.69. The average molecular weight is 417 g/mol. The van der Waals surface area contributed by atoms with Gasteiger partial charge >= 0.3 is 0 Å². The summed E-state index contributed by atoms with van der Waals surface area (Å²) in [7, 11) is 0. The molecule has 1 atom stereocenters. The van der Waals surface area contributed by atoms with Crippen molar-refractivity contribution in [2.24, 2.45) is 0 Å². The van der Waals surface area contributed by atoms with Crippen LogP contribution in [0.4, 0.5) is 10.2 Å². The summed E-state index contributed by atoms with van der Waals surface area (Å²) in [5.41, 5.74) is 2.52. The number of benzene rings is 1. The van der Waals surface area contributed by atoms with Crippen molar-refractivity contribution in [2.45, 2.75) is 46.3 Å². The number of aromatic nitrogens is 2. The van der Waals surface area contributed by atoms with E-state index in [-0.39, 0.29) is 11.9 Å². The van der Waals surface area contributed by atoms with Crippen LogP contribution in [0.5, 0.6) is 0 Å². The van der Waals surface area contributed by atoms with Gasteiger partial charge in [-0.2, -0.15) is 0 Å². The molecule has 1 aromatic heterocycles. The van der Waals surface area contributed by atoms with Gasteiger partial charge in [0.2, 0.25) is 0 Å². The van der Waals surface area contributed by atoms with Gasteiger partial charge in [0, 0.05) is 50.4 Å². The minimum Gasteiger partial charge on any atom is -0.389 e. The minimum absolute atomic E-state index is 0.119. The zero-order valence-corrected chi connectivity index (χ0v) is 18.4. The molecule has 0 radical (unpaired) electrons. The van der Waals surface area contributed by atoms with Gasteiger partial charge in [0.15, 0.2) is 0 Å². The third-order valence-electron chi connectivity index (χ3n) is 5.39. The van der Waals surface area contributed by atoms with Crippen LogP contribution in [0.1, 0.15) is 36.5 Å². The number of β-amino-alcohol motifs (C(OH)–C–C–N with tert-alkyl or cyclic N) is 1. The Morgan fingerprint density at radius 1 is 1.10 bits per heavy atom. The van der Waals surface area contributed by atoms with Crippen molar-refractivity contribution in [3.05, 3.63) is 52.7 Å². The standard InChI is InChI=1S/C23H33FN4O2/c1-16(2)30-15-20(29)14-27-9-11-28(12-10-27)23-21(17(3)25-18(4)26-23)13-19-7-5-6-8-22(19)24/h5-8,16,20,29H,9-15H2,1-4H3/t20-/m0/s1. The molecule has 1 aromatic carbocycles. The number of piperazine rings is 1. The van der Waals surface area contributed by atoms with Crippen molar-refractivity contribution in [3.63, 3.8) is 0 Å². The first kappa shape index (κ1) is 22.6. The van der Waals surface area contributed by atoms with E-state index in [4.69, 9.17) is 9.72 Å². The number of ether oxygens (including phenoxy) is 1. The van der Waals surface area contributed by atoms with Crippen LogP contribution in [-0.4, -0.2) is 71.5 Å². The highest BCUT2D eigenvalue weighted by Crippen LogP contribution is 2.26. The number of hydrogen-bond donors (Lipinski definition) is 1. The predicted molar refractivity (Wildman–Crippen MR) is 116 cm³/mol. The Labute approximate surface area is 178 Å². The Bertz CT molecular complexity index is 838. The number of anilines is 1. The Morgan fingerprint density at radius 2 is 1.80 bits per heavy atom. The molecule has 0 amide bonds. The van der Waals surface area contributed by atoms with Gasteiger partial charge in [-0.1, -0.05) is 18.2 Å². The van der Waals surface area contributed by atoms with Crippen LogP contribution < -0.4 is 4.90 Å².